The van der Waals surface area contributed by atoms with Crippen molar-refractivity contribution in [2.24, 2.45) is 5.92 Å². The molecule has 8 heteroatoms. The number of hydrogen-bond acceptors (Lipinski definition) is 6. The Morgan fingerprint density at radius 2 is 1.50 bits per heavy atom. The molecule has 1 saturated carbocycles. The van der Waals surface area contributed by atoms with Crippen molar-refractivity contribution in [3.63, 3.8) is 0 Å². The summed E-state index contributed by atoms with van der Waals surface area (Å²) in [5.41, 5.74) is 0.431. The van der Waals surface area contributed by atoms with Crippen molar-refractivity contribution in [1.82, 2.24) is 4.90 Å². The van der Waals surface area contributed by atoms with E-state index in [-0.39, 0.29) is 29.9 Å². The largest absolute Gasteiger partial charge is 0.493 e. The highest BCUT2D eigenvalue weighted by Gasteiger charge is 2.26. The second kappa shape index (κ2) is 11.7. The van der Waals surface area contributed by atoms with Gasteiger partial charge >= 0.3 is 5.97 Å². The van der Waals surface area contributed by atoms with Crippen LogP contribution in [0.2, 0.25) is 0 Å². The molecule has 1 aliphatic heterocycles. The van der Waals surface area contributed by atoms with Crippen LogP contribution >= 0.6 is 0 Å². The first-order valence-electron chi connectivity index (χ1n) is 11.5. The summed E-state index contributed by atoms with van der Waals surface area (Å²) in [4.78, 5) is 40.0. The first-order chi connectivity index (χ1) is 15.5. The molecule has 1 aromatic carbocycles. The van der Waals surface area contributed by atoms with Crippen LogP contribution in [0, 0.1) is 5.92 Å². The molecular weight excluding hydrogens is 412 g/mol. The van der Waals surface area contributed by atoms with Gasteiger partial charge in [0, 0.05) is 31.1 Å². The molecule has 0 radical (unpaired) electrons. The van der Waals surface area contributed by atoms with Gasteiger partial charge in [0.1, 0.15) is 0 Å². The number of esters is 1. The molecule has 0 spiro atoms. The smallest absolute Gasteiger partial charge is 0.340 e. The number of benzene rings is 1. The summed E-state index contributed by atoms with van der Waals surface area (Å²) in [7, 11) is 2.96. The Morgan fingerprint density at radius 3 is 2.12 bits per heavy atom. The van der Waals surface area contributed by atoms with E-state index in [1.165, 1.54) is 20.3 Å². The van der Waals surface area contributed by atoms with Gasteiger partial charge in [-0.05, 0) is 25.7 Å². The number of nitrogens with zero attached hydrogens (tertiary/aromatic N) is 1. The Morgan fingerprint density at radius 1 is 0.906 bits per heavy atom. The monoisotopic (exact) mass is 446 g/mol. The lowest BCUT2D eigenvalue weighted by molar-refractivity contribution is -0.134. The lowest BCUT2D eigenvalue weighted by Gasteiger charge is -2.22. The van der Waals surface area contributed by atoms with Gasteiger partial charge in [0.15, 0.2) is 18.1 Å². The molecule has 0 atom stereocenters. The maximum Gasteiger partial charge on any atom is 0.340 e. The number of anilines is 1. The van der Waals surface area contributed by atoms with E-state index in [1.807, 2.05) is 0 Å². The average molecular weight is 447 g/mol. The summed E-state index contributed by atoms with van der Waals surface area (Å²) >= 11 is 0. The Bertz CT molecular complexity index is 811. The molecule has 8 nitrogen and oxygen atoms in total. The molecule has 0 unspecified atom stereocenters. The lowest BCUT2D eigenvalue weighted by atomic mass is 9.88. The summed E-state index contributed by atoms with van der Waals surface area (Å²) in [6.45, 7) is 1.05. The quantitative estimate of drug-likeness (QED) is 0.641. The maximum absolute atomic E-state index is 12.9. The van der Waals surface area contributed by atoms with E-state index in [4.69, 9.17) is 14.2 Å². The highest BCUT2D eigenvalue weighted by Crippen LogP contribution is 2.35. The van der Waals surface area contributed by atoms with Gasteiger partial charge in [-0.15, -0.1) is 0 Å². The Kier molecular flexibility index (Phi) is 8.76. The first-order valence-corrected chi connectivity index (χ1v) is 11.5. The standard InChI is InChI=1S/C24H34N2O6/c1-30-20-14-18(24(29)32-16-22(27)26-12-8-3-4-9-13-26)19(15-21(20)31-2)25-23(28)17-10-6-5-7-11-17/h14-15,17H,3-13,16H2,1-2H3,(H,25,28). The fourth-order valence-corrected chi connectivity index (χ4v) is 4.37. The van der Waals surface area contributed by atoms with Crippen molar-refractivity contribution in [1.29, 1.82) is 0 Å². The van der Waals surface area contributed by atoms with Crippen molar-refractivity contribution in [2.75, 3.05) is 39.2 Å². The molecule has 176 valence electrons. The van der Waals surface area contributed by atoms with E-state index in [9.17, 15) is 14.4 Å². The van der Waals surface area contributed by atoms with Crippen LogP contribution in [0.15, 0.2) is 12.1 Å². The lowest BCUT2D eigenvalue weighted by Crippen LogP contribution is -2.35. The van der Waals surface area contributed by atoms with E-state index in [0.29, 0.717) is 30.3 Å². The third kappa shape index (κ3) is 6.14. The van der Waals surface area contributed by atoms with Crippen LogP contribution in [-0.4, -0.2) is 56.6 Å². The highest BCUT2D eigenvalue weighted by molar-refractivity contribution is 6.03. The second-order valence-electron chi connectivity index (χ2n) is 8.45. The topological polar surface area (TPSA) is 94.2 Å². The molecule has 0 aromatic heterocycles. The normalized spacial score (nSPS) is 17.2. The maximum atomic E-state index is 12.9. The van der Waals surface area contributed by atoms with Crippen LogP contribution in [0.4, 0.5) is 5.69 Å². The van der Waals surface area contributed by atoms with Crippen LogP contribution in [-0.2, 0) is 14.3 Å². The van der Waals surface area contributed by atoms with E-state index >= 15 is 0 Å². The minimum atomic E-state index is -0.687. The van der Waals surface area contributed by atoms with E-state index in [0.717, 1.165) is 57.8 Å². The number of methoxy groups -OCH3 is 2. The fraction of sp³-hybridized carbons (Fsp3) is 0.625. The number of ether oxygens (including phenoxy) is 3. The predicted molar refractivity (Wildman–Crippen MR) is 120 cm³/mol. The molecule has 2 fully saturated rings. The van der Waals surface area contributed by atoms with Crippen LogP contribution in [0.3, 0.4) is 0 Å². The van der Waals surface area contributed by atoms with E-state index in [2.05, 4.69) is 5.32 Å². The van der Waals surface area contributed by atoms with Crippen LogP contribution < -0.4 is 14.8 Å². The minimum Gasteiger partial charge on any atom is -0.493 e. The van der Waals surface area contributed by atoms with Crippen molar-refractivity contribution < 1.29 is 28.6 Å². The van der Waals surface area contributed by atoms with Gasteiger partial charge in [-0.1, -0.05) is 32.1 Å². The number of nitrogens with one attached hydrogen (secondary N) is 1. The van der Waals surface area contributed by atoms with Crippen LogP contribution in [0.25, 0.3) is 0 Å². The second-order valence-corrected chi connectivity index (χ2v) is 8.45. The molecule has 1 saturated heterocycles. The number of rotatable bonds is 7. The van der Waals surface area contributed by atoms with Gasteiger partial charge in [-0.25, -0.2) is 4.79 Å². The molecule has 0 bridgehead atoms. The first kappa shape index (κ1) is 23.9. The van der Waals surface area contributed by atoms with Crippen molar-refractivity contribution in [3.8, 4) is 11.5 Å². The van der Waals surface area contributed by atoms with Crippen LogP contribution in [0.5, 0.6) is 11.5 Å². The molecular formula is C24H34N2O6. The van der Waals surface area contributed by atoms with E-state index < -0.39 is 5.97 Å². The zero-order valence-electron chi connectivity index (χ0n) is 19.1. The summed E-state index contributed by atoms with van der Waals surface area (Å²) in [5.74, 6) is -0.351. The average Bonchev–Trinajstić information content (AvgIpc) is 3.12. The SMILES string of the molecule is COc1cc(NC(=O)C2CCCCC2)c(C(=O)OCC(=O)N2CCCCCC2)cc1OC. The molecule has 2 amide bonds. The molecule has 1 heterocycles. The van der Waals surface area contributed by atoms with Crippen LogP contribution in [0.1, 0.15) is 68.1 Å². The highest BCUT2D eigenvalue weighted by atomic mass is 16.5. The van der Waals surface area contributed by atoms with Gasteiger partial charge < -0.3 is 24.4 Å². The number of likely N-dealkylation sites (tertiary alicyclic amines) is 1. The number of carbonyl (C=O) groups excluding carboxylic acids is 3. The summed E-state index contributed by atoms with van der Waals surface area (Å²) < 4.78 is 16.0. The summed E-state index contributed by atoms with van der Waals surface area (Å²) in [5, 5.41) is 2.88. The zero-order chi connectivity index (χ0) is 22.9. The van der Waals surface area contributed by atoms with Crippen molar-refractivity contribution in [2.45, 2.75) is 57.8 Å². The number of hydrogen-bond donors (Lipinski definition) is 1. The Labute approximate surface area is 189 Å². The summed E-state index contributed by atoms with van der Waals surface area (Å²) in [6.07, 6.45) is 9.02. The third-order valence-corrected chi connectivity index (χ3v) is 6.26. The Hall–Kier alpha value is -2.77. The molecule has 2 aliphatic rings. The van der Waals surface area contributed by atoms with E-state index in [1.54, 1.807) is 11.0 Å². The molecule has 1 N–H and O–H groups in total. The molecule has 32 heavy (non-hydrogen) atoms. The van der Waals surface area contributed by atoms with Crippen molar-refractivity contribution in [3.05, 3.63) is 17.7 Å². The fourth-order valence-electron chi connectivity index (χ4n) is 4.37. The molecule has 3 rings (SSSR count). The zero-order valence-corrected chi connectivity index (χ0v) is 19.1. The molecule has 1 aromatic rings. The minimum absolute atomic E-state index is 0.0784. The molecule has 1 aliphatic carbocycles. The van der Waals surface area contributed by atoms with Crippen molar-refractivity contribution >= 4 is 23.5 Å². The number of amides is 2. The van der Waals surface area contributed by atoms with Gasteiger partial charge in [-0.3, -0.25) is 9.59 Å². The van der Waals surface area contributed by atoms with Gasteiger partial charge in [0.05, 0.1) is 25.5 Å². The van der Waals surface area contributed by atoms with Gasteiger partial charge in [0.2, 0.25) is 5.91 Å². The predicted octanol–water partition coefficient (Wildman–Crippen LogP) is 3.78. The van der Waals surface area contributed by atoms with Gasteiger partial charge in [-0.2, -0.15) is 0 Å². The van der Waals surface area contributed by atoms with Gasteiger partial charge in [0.25, 0.3) is 5.91 Å². The Balaban J connectivity index is 1.74. The summed E-state index contributed by atoms with van der Waals surface area (Å²) in [6, 6.07) is 3.04. The number of carbonyl (C=O) groups is 3. The third-order valence-electron chi connectivity index (χ3n) is 6.26.